The van der Waals surface area contributed by atoms with Gasteiger partial charge in [0.15, 0.2) is 9.84 Å². The number of rotatable bonds is 4. The van der Waals surface area contributed by atoms with E-state index in [1.807, 2.05) is 24.3 Å². The standard InChI is InChI=1S/C19H16FNO4S2/c20-16-6-9-17(10-7-16)26(22,23)19-12-21(13-19)27(24,25)18-8-5-14-3-1-2-4-15(14)11-18/h1-11,19H,12-13H2. The first-order chi connectivity index (χ1) is 12.8. The maximum absolute atomic E-state index is 13.0. The van der Waals surface area contributed by atoms with Crippen molar-refractivity contribution in [3.63, 3.8) is 0 Å². The first-order valence-corrected chi connectivity index (χ1v) is 11.3. The van der Waals surface area contributed by atoms with E-state index in [0.29, 0.717) is 0 Å². The third kappa shape index (κ3) is 3.13. The number of hydrogen-bond donors (Lipinski definition) is 0. The number of hydrogen-bond acceptors (Lipinski definition) is 4. The summed E-state index contributed by atoms with van der Waals surface area (Å²) in [5.41, 5.74) is 0. The Morgan fingerprint density at radius 3 is 2.04 bits per heavy atom. The minimum atomic E-state index is -3.77. The highest BCUT2D eigenvalue weighted by Gasteiger charge is 2.44. The predicted molar refractivity (Wildman–Crippen MR) is 100 cm³/mol. The highest BCUT2D eigenvalue weighted by molar-refractivity contribution is 7.92. The Labute approximate surface area is 157 Å². The van der Waals surface area contributed by atoms with E-state index in [0.717, 1.165) is 27.2 Å². The summed E-state index contributed by atoms with van der Waals surface area (Å²) in [6.45, 7) is -0.232. The average Bonchev–Trinajstić information content (AvgIpc) is 2.60. The molecule has 1 aliphatic rings. The minimum absolute atomic E-state index is 0.00310. The van der Waals surface area contributed by atoms with E-state index in [1.165, 1.54) is 18.2 Å². The van der Waals surface area contributed by atoms with Crippen molar-refractivity contribution in [3.05, 3.63) is 72.5 Å². The van der Waals surface area contributed by atoms with E-state index in [1.54, 1.807) is 12.1 Å². The van der Waals surface area contributed by atoms with Crippen LogP contribution in [0, 0.1) is 5.82 Å². The lowest BCUT2D eigenvalue weighted by Crippen LogP contribution is -2.56. The molecule has 0 N–H and O–H groups in total. The van der Waals surface area contributed by atoms with Crippen LogP contribution < -0.4 is 0 Å². The van der Waals surface area contributed by atoms with Crippen LogP contribution in [0.25, 0.3) is 10.8 Å². The second kappa shape index (κ2) is 6.40. The summed E-state index contributed by atoms with van der Waals surface area (Å²) < 4.78 is 64.9. The fourth-order valence-electron chi connectivity index (χ4n) is 3.09. The number of halogens is 1. The molecule has 0 bridgehead atoms. The largest absolute Gasteiger partial charge is 0.243 e. The summed E-state index contributed by atoms with van der Waals surface area (Å²) in [7, 11) is -7.47. The molecule has 1 heterocycles. The van der Waals surface area contributed by atoms with Crippen LogP contribution >= 0.6 is 0 Å². The van der Waals surface area contributed by atoms with Crippen molar-refractivity contribution in [2.45, 2.75) is 15.0 Å². The third-order valence-electron chi connectivity index (χ3n) is 4.75. The quantitative estimate of drug-likeness (QED) is 0.626. The van der Waals surface area contributed by atoms with Gasteiger partial charge in [-0.3, -0.25) is 0 Å². The van der Waals surface area contributed by atoms with E-state index < -0.39 is 30.9 Å². The minimum Gasteiger partial charge on any atom is -0.223 e. The molecule has 8 heteroatoms. The van der Waals surface area contributed by atoms with Gasteiger partial charge in [0.25, 0.3) is 0 Å². The lowest BCUT2D eigenvalue weighted by molar-refractivity contribution is 0.309. The molecule has 0 radical (unpaired) electrons. The molecule has 3 aromatic carbocycles. The fraction of sp³-hybridized carbons (Fsp3) is 0.158. The lowest BCUT2D eigenvalue weighted by atomic mass is 10.1. The summed E-state index contributed by atoms with van der Waals surface area (Å²) >= 11 is 0. The summed E-state index contributed by atoms with van der Waals surface area (Å²) in [5, 5.41) is 0.893. The van der Waals surface area contributed by atoms with Crippen LogP contribution in [0.2, 0.25) is 0 Å². The maximum Gasteiger partial charge on any atom is 0.243 e. The van der Waals surface area contributed by atoms with Gasteiger partial charge in [-0.1, -0.05) is 30.3 Å². The van der Waals surface area contributed by atoms with Crippen LogP contribution in [0.1, 0.15) is 0 Å². The first kappa shape index (κ1) is 18.1. The topological polar surface area (TPSA) is 71.5 Å². The average molecular weight is 405 g/mol. The zero-order valence-electron chi connectivity index (χ0n) is 14.1. The number of fused-ring (bicyclic) bond motifs is 1. The second-order valence-corrected chi connectivity index (χ2v) is 10.6. The fourth-order valence-corrected chi connectivity index (χ4v) is 6.49. The molecular formula is C19H16FNO4S2. The van der Waals surface area contributed by atoms with Crippen molar-refractivity contribution >= 4 is 30.6 Å². The molecule has 0 saturated carbocycles. The highest BCUT2D eigenvalue weighted by Crippen LogP contribution is 2.30. The zero-order valence-corrected chi connectivity index (χ0v) is 15.8. The maximum atomic E-state index is 13.0. The SMILES string of the molecule is O=S(=O)(c1ccc(F)cc1)C1CN(S(=O)(=O)c2ccc3ccccc3c2)C1. The van der Waals surface area contributed by atoms with Crippen molar-refractivity contribution in [2.75, 3.05) is 13.1 Å². The molecule has 0 unspecified atom stereocenters. The first-order valence-electron chi connectivity index (χ1n) is 8.27. The van der Waals surface area contributed by atoms with Gasteiger partial charge in [0, 0.05) is 13.1 Å². The van der Waals surface area contributed by atoms with Gasteiger partial charge in [0.1, 0.15) is 5.82 Å². The Bertz CT molecular complexity index is 1220. The summed E-state index contributed by atoms with van der Waals surface area (Å²) in [6, 6.07) is 16.8. The molecule has 1 aliphatic heterocycles. The molecule has 0 spiro atoms. The molecule has 27 heavy (non-hydrogen) atoms. The van der Waals surface area contributed by atoms with Gasteiger partial charge in [-0.25, -0.2) is 21.2 Å². The van der Waals surface area contributed by atoms with Crippen LogP contribution in [0.5, 0.6) is 0 Å². The van der Waals surface area contributed by atoms with Gasteiger partial charge in [-0.05, 0) is 47.2 Å². The van der Waals surface area contributed by atoms with E-state index in [2.05, 4.69) is 0 Å². The molecule has 140 valence electrons. The summed E-state index contributed by atoms with van der Waals surface area (Å²) in [4.78, 5) is 0.135. The van der Waals surface area contributed by atoms with Gasteiger partial charge in [-0.2, -0.15) is 4.31 Å². The van der Waals surface area contributed by atoms with Crippen LogP contribution in [-0.4, -0.2) is 39.5 Å². The zero-order chi connectivity index (χ0) is 19.2. The lowest BCUT2D eigenvalue weighted by Gasteiger charge is -2.37. The van der Waals surface area contributed by atoms with Crippen LogP contribution in [-0.2, 0) is 19.9 Å². The monoisotopic (exact) mass is 405 g/mol. The van der Waals surface area contributed by atoms with E-state index >= 15 is 0 Å². The van der Waals surface area contributed by atoms with Crippen LogP contribution in [0.4, 0.5) is 4.39 Å². The van der Waals surface area contributed by atoms with E-state index in [4.69, 9.17) is 0 Å². The molecule has 3 aromatic rings. The molecular weight excluding hydrogens is 389 g/mol. The summed E-state index contributed by atoms with van der Waals surface area (Å²) in [5.74, 6) is -0.525. The molecule has 0 atom stereocenters. The van der Waals surface area contributed by atoms with Crippen LogP contribution in [0.3, 0.4) is 0 Å². The molecule has 0 amide bonds. The Hall–Kier alpha value is -2.29. The van der Waals surface area contributed by atoms with Crippen molar-refractivity contribution in [1.82, 2.24) is 4.31 Å². The molecule has 0 aromatic heterocycles. The number of benzene rings is 3. The third-order valence-corrected chi connectivity index (χ3v) is 8.69. The number of sulfone groups is 1. The molecule has 1 fully saturated rings. The second-order valence-electron chi connectivity index (χ2n) is 6.45. The van der Waals surface area contributed by atoms with Gasteiger partial charge in [0.2, 0.25) is 10.0 Å². The Morgan fingerprint density at radius 2 is 1.37 bits per heavy atom. The van der Waals surface area contributed by atoms with Crippen LogP contribution in [0.15, 0.2) is 76.5 Å². The van der Waals surface area contributed by atoms with Crippen molar-refractivity contribution in [3.8, 4) is 0 Å². The van der Waals surface area contributed by atoms with Gasteiger partial charge >= 0.3 is 0 Å². The highest BCUT2D eigenvalue weighted by atomic mass is 32.2. The smallest absolute Gasteiger partial charge is 0.223 e. The number of sulfonamides is 1. The molecule has 0 aliphatic carbocycles. The molecule has 1 saturated heterocycles. The van der Waals surface area contributed by atoms with E-state index in [9.17, 15) is 21.2 Å². The van der Waals surface area contributed by atoms with Gasteiger partial charge in [-0.15, -0.1) is 0 Å². The normalized spacial score (nSPS) is 16.3. The molecule has 5 nitrogen and oxygen atoms in total. The van der Waals surface area contributed by atoms with E-state index in [-0.39, 0.29) is 22.9 Å². The van der Waals surface area contributed by atoms with Crippen molar-refractivity contribution in [2.24, 2.45) is 0 Å². The Kier molecular flexibility index (Phi) is 4.29. The molecule has 4 rings (SSSR count). The Balaban J connectivity index is 1.56. The summed E-state index contributed by atoms with van der Waals surface area (Å²) in [6.07, 6.45) is 0. The van der Waals surface area contributed by atoms with Gasteiger partial charge in [0.05, 0.1) is 15.0 Å². The van der Waals surface area contributed by atoms with Crippen molar-refractivity contribution in [1.29, 1.82) is 0 Å². The van der Waals surface area contributed by atoms with Gasteiger partial charge < -0.3 is 0 Å². The number of nitrogens with zero attached hydrogens (tertiary/aromatic N) is 1. The van der Waals surface area contributed by atoms with Crippen molar-refractivity contribution < 1.29 is 21.2 Å². The predicted octanol–water partition coefficient (Wildman–Crippen LogP) is 2.83. The Morgan fingerprint density at radius 1 is 0.778 bits per heavy atom.